The minimum Gasteiger partial charge on any atom is -0.258 e. The molecule has 6 nitrogen and oxygen atoms in total. The molecule has 1 aromatic rings. The van der Waals surface area contributed by atoms with Gasteiger partial charge in [-0.05, 0) is 25.8 Å². The summed E-state index contributed by atoms with van der Waals surface area (Å²) in [6.07, 6.45) is 18.2. The number of para-hydroxylation sites is 1. The molecule has 1 aromatic carbocycles. The number of hydrogen-bond acceptors (Lipinski definition) is 4. The van der Waals surface area contributed by atoms with Crippen LogP contribution >= 0.6 is 0 Å². The van der Waals surface area contributed by atoms with Gasteiger partial charge in [0.15, 0.2) is 4.90 Å². The van der Waals surface area contributed by atoms with E-state index in [0.717, 1.165) is 38.5 Å². The summed E-state index contributed by atoms with van der Waals surface area (Å²) >= 11 is 0. The standard InChI is InChI=1S/C27H48N2O4S/c1-4-6-8-10-12-14-16-18-23-28(24-19-17-15-13-11-9-7-5-2)34(32,33)26-22-20-21-25(3)27(26)29(30)31/h20-22H,4-19,23-24H2,1-3H3. The van der Waals surface area contributed by atoms with Gasteiger partial charge in [0.25, 0.3) is 5.69 Å². The highest BCUT2D eigenvalue weighted by molar-refractivity contribution is 7.89. The van der Waals surface area contributed by atoms with E-state index in [2.05, 4.69) is 13.8 Å². The van der Waals surface area contributed by atoms with E-state index in [9.17, 15) is 18.5 Å². The quantitative estimate of drug-likeness (QED) is 0.0976. The van der Waals surface area contributed by atoms with E-state index >= 15 is 0 Å². The second kappa shape index (κ2) is 17.9. The van der Waals surface area contributed by atoms with Gasteiger partial charge in [-0.15, -0.1) is 0 Å². The van der Waals surface area contributed by atoms with Gasteiger partial charge in [-0.25, -0.2) is 8.42 Å². The van der Waals surface area contributed by atoms with Crippen LogP contribution in [0.25, 0.3) is 0 Å². The Hall–Kier alpha value is -1.47. The first-order chi connectivity index (χ1) is 16.4. The molecule has 196 valence electrons. The van der Waals surface area contributed by atoms with Crippen LogP contribution in [-0.2, 0) is 10.0 Å². The molecular weight excluding hydrogens is 448 g/mol. The number of nitro groups is 1. The van der Waals surface area contributed by atoms with E-state index in [1.54, 1.807) is 19.1 Å². The topological polar surface area (TPSA) is 80.5 Å². The van der Waals surface area contributed by atoms with Crippen LogP contribution < -0.4 is 0 Å². The Balaban J connectivity index is 2.74. The highest BCUT2D eigenvalue weighted by Gasteiger charge is 2.32. The Morgan fingerprint density at radius 1 is 0.735 bits per heavy atom. The molecule has 0 spiro atoms. The second-order valence-corrected chi connectivity index (χ2v) is 11.4. The lowest BCUT2D eigenvalue weighted by atomic mass is 10.1. The van der Waals surface area contributed by atoms with Crippen molar-refractivity contribution in [1.29, 1.82) is 0 Å². The summed E-state index contributed by atoms with van der Waals surface area (Å²) in [6.45, 7) is 6.87. The number of aryl methyl sites for hydroxylation is 1. The van der Waals surface area contributed by atoms with E-state index in [0.29, 0.717) is 18.7 Å². The maximum absolute atomic E-state index is 13.5. The van der Waals surface area contributed by atoms with Gasteiger partial charge in [0.05, 0.1) is 4.92 Å². The first-order valence-electron chi connectivity index (χ1n) is 13.6. The van der Waals surface area contributed by atoms with Crippen LogP contribution in [-0.4, -0.2) is 30.7 Å². The molecular formula is C27H48N2O4S. The molecule has 0 unspecified atom stereocenters. The van der Waals surface area contributed by atoms with Crippen LogP contribution in [0, 0.1) is 17.0 Å². The van der Waals surface area contributed by atoms with E-state index in [1.165, 1.54) is 74.6 Å². The molecule has 0 aliphatic carbocycles. The molecule has 0 N–H and O–H groups in total. The fraction of sp³-hybridized carbons (Fsp3) is 0.778. The SMILES string of the molecule is CCCCCCCCCCN(CCCCCCCCCC)S(=O)(=O)c1cccc(C)c1[N+](=O)[O-]. The minimum absolute atomic E-state index is 0.170. The van der Waals surface area contributed by atoms with Crippen LogP contribution in [0.3, 0.4) is 0 Å². The lowest BCUT2D eigenvalue weighted by Gasteiger charge is -2.22. The molecule has 1 rings (SSSR count). The largest absolute Gasteiger partial charge is 0.292 e. The zero-order valence-corrected chi connectivity index (χ0v) is 22.7. The van der Waals surface area contributed by atoms with Crippen LogP contribution in [0.5, 0.6) is 0 Å². The first kappa shape index (κ1) is 30.6. The van der Waals surface area contributed by atoms with Gasteiger partial charge >= 0.3 is 0 Å². The number of sulfonamides is 1. The maximum atomic E-state index is 13.5. The third-order valence-corrected chi connectivity index (χ3v) is 8.45. The highest BCUT2D eigenvalue weighted by Crippen LogP contribution is 2.30. The normalized spacial score (nSPS) is 11.9. The summed E-state index contributed by atoms with van der Waals surface area (Å²) in [5.74, 6) is 0. The molecule has 7 heteroatoms. The molecule has 34 heavy (non-hydrogen) atoms. The van der Waals surface area contributed by atoms with Gasteiger partial charge < -0.3 is 0 Å². The van der Waals surface area contributed by atoms with Crippen LogP contribution in [0.15, 0.2) is 23.1 Å². The zero-order chi connectivity index (χ0) is 25.2. The molecule has 0 aliphatic rings. The van der Waals surface area contributed by atoms with Gasteiger partial charge in [0, 0.05) is 18.7 Å². The molecule has 0 amide bonds. The van der Waals surface area contributed by atoms with Gasteiger partial charge in [-0.1, -0.05) is 116 Å². The molecule has 0 atom stereocenters. The summed E-state index contributed by atoms with van der Waals surface area (Å²) in [5.41, 5.74) is 0.0875. The molecule has 0 saturated carbocycles. The first-order valence-corrected chi connectivity index (χ1v) is 15.0. The van der Waals surface area contributed by atoms with Crippen LogP contribution in [0.2, 0.25) is 0 Å². The third-order valence-electron chi connectivity index (χ3n) is 6.52. The molecule has 0 heterocycles. The van der Waals surface area contributed by atoms with Crippen molar-refractivity contribution >= 4 is 15.7 Å². The lowest BCUT2D eigenvalue weighted by molar-refractivity contribution is -0.388. The average molecular weight is 497 g/mol. The molecule has 0 aliphatic heterocycles. The lowest BCUT2D eigenvalue weighted by Crippen LogP contribution is -2.33. The number of rotatable bonds is 21. The van der Waals surface area contributed by atoms with Crippen molar-refractivity contribution in [2.24, 2.45) is 0 Å². The Labute approximate surface area is 208 Å². The van der Waals surface area contributed by atoms with Crippen molar-refractivity contribution in [3.8, 4) is 0 Å². The van der Waals surface area contributed by atoms with E-state index in [-0.39, 0.29) is 10.6 Å². The van der Waals surface area contributed by atoms with Crippen molar-refractivity contribution in [3.05, 3.63) is 33.9 Å². The summed E-state index contributed by atoms with van der Waals surface area (Å²) < 4.78 is 28.5. The van der Waals surface area contributed by atoms with Gasteiger partial charge in [0.1, 0.15) is 0 Å². The van der Waals surface area contributed by atoms with Crippen molar-refractivity contribution in [2.45, 2.75) is 128 Å². The Morgan fingerprint density at radius 2 is 1.15 bits per heavy atom. The smallest absolute Gasteiger partial charge is 0.258 e. The fourth-order valence-corrected chi connectivity index (χ4v) is 6.16. The minimum atomic E-state index is -3.92. The monoisotopic (exact) mass is 496 g/mol. The van der Waals surface area contributed by atoms with Crippen molar-refractivity contribution in [3.63, 3.8) is 0 Å². The van der Waals surface area contributed by atoms with Crippen LogP contribution in [0.1, 0.15) is 122 Å². The third kappa shape index (κ3) is 11.3. The molecule has 0 fully saturated rings. The Kier molecular flexibility index (Phi) is 16.1. The molecule has 0 saturated heterocycles. The highest BCUT2D eigenvalue weighted by atomic mass is 32.2. The van der Waals surface area contributed by atoms with E-state index < -0.39 is 14.9 Å². The number of benzene rings is 1. The average Bonchev–Trinajstić information content (AvgIpc) is 2.80. The van der Waals surface area contributed by atoms with Crippen molar-refractivity contribution in [2.75, 3.05) is 13.1 Å². The van der Waals surface area contributed by atoms with E-state index in [4.69, 9.17) is 0 Å². The van der Waals surface area contributed by atoms with Crippen LogP contribution in [0.4, 0.5) is 5.69 Å². The maximum Gasteiger partial charge on any atom is 0.292 e. The Morgan fingerprint density at radius 3 is 1.56 bits per heavy atom. The summed E-state index contributed by atoms with van der Waals surface area (Å²) in [7, 11) is -3.92. The predicted molar refractivity (Wildman–Crippen MR) is 142 cm³/mol. The van der Waals surface area contributed by atoms with Crippen molar-refractivity contribution in [1.82, 2.24) is 4.31 Å². The molecule has 0 aromatic heterocycles. The zero-order valence-electron chi connectivity index (χ0n) is 21.9. The summed E-state index contributed by atoms with van der Waals surface area (Å²) in [5, 5.41) is 11.6. The summed E-state index contributed by atoms with van der Waals surface area (Å²) in [6, 6.07) is 4.58. The van der Waals surface area contributed by atoms with Gasteiger partial charge in [-0.3, -0.25) is 10.1 Å². The van der Waals surface area contributed by atoms with E-state index in [1.807, 2.05) is 0 Å². The molecule has 0 bridgehead atoms. The fourth-order valence-electron chi connectivity index (χ4n) is 4.41. The van der Waals surface area contributed by atoms with Gasteiger partial charge in [-0.2, -0.15) is 4.31 Å². The number of unbranched alkanes of at least 4 members (excludes halogenated alkanes) is 14. The number of hydrogen-bond donors (Lipinski definition) is 0. The predicted octanol–water partition coefficient (Wildman–Crippen LogP) is 8.18. The van der Waals surface area contributed by atoms with Crippen molar-refractivity contribution < 1.29 is 13.3 Å². The number of nitrogens with zero attached hydrogens (tertiary/aromatic N) is 2. The second-order valence-electron chi connectivity index (χ2n) is 9.53. The van der Waals surface area contributed by atoms with Gasteiger partial charge in [0.2, 0.25) is 10.0 Å². The number of nitro benzene ring substituents is 1. The Bertz CT molecular complexity index is 776. The summed E-state index contributed by atoms with van der Waals surface area (Å²) in [4.78, 5) is 10.9. The molecule has 0 radical (unpaired) electrons.